The number of benzene rings is 2. The minimum atomic E-state index is -0.323. The third kappa shape index (κ3) is 3.19. The molecule has 4 aromatic rings. The minimum absolute atomic E-state index is 0.265. The van der Waals surface area contributed by atoms with E-state index < -0.39 is 0 Å². The van der Waals surface area contributed by atoms with Crippen molar-refractivity contribution >= 4 is 22.4 Å². The van der Waals surface area contributed by atoms with Gasteiger partial charge in [-0.1, -0.05) is 24.3 Å². The molecule has 0 aliphatic carbocycles. The summed E-state index contributed by atoms with van der Waals surface area (Å²) in [5.41, 5.74) is 1.98. The molecule has 0 saturated heterocycles. The average molecular weight is 336 g/mol. The molecule has 0 atom stereocenters. The Morgan fingerprint density at radius 3 is 2.68 bits per heavy atom. The Morgan fingerprint density at radius 2 is 1.84 bits per heavy atom. The monoisotopic (exact) mass is 336 g/mol. The second-order valence-corrected chi connectivity index (χ2v) is 5.66. The van der Waals surface area contributed by atoms with Crippen molar-refractivity contribution in [1.82, 2.24) is 14.8 Å². The Morgan fingerprint density at radius 1 is 0.960 bits per heavy atom. The van der Waals surface area contributed by atoms with Crippen molar-refractivity contribution in [3.8, 4) is 0 Å². The molecule has 124 valence electrons. The number of halogens is 2. The molecule has 0 unspecified atom stereocenters. The summed E-state index contributed by atoms with van der Waals surface area (Å²) in [4.78, 5) is 4.31. The molecular formula is C19H14F2N4. The Balaban J connectivity index is 1.67. The zero-order valence-electron chi connectivity index (χ0n) is 13.2. The first-order chi connectivity index (χ1) is 12.2. The van der Waals surface area contributed by atoms with E-state index in [9.17, 15) is 8.78 Å². The van der Waals surface area contributed by atoms with Crippen LogP contribution in [0.1, 0.15) is 5.56 Å². The maximum atomic E-state index is 13.9. The molecule has 4 nitrogen and oxygen atoms in total. The summed E-state index contributed by atoms with van der Waals surface area (Å²) < 4.78 is 28.9. The van der Waals surface area contributed by atoms with Crippen LogP contribution in [0.2, 0.25) is 0 Å². The molecule has 0 saturated carbocycles. The first-order valence-electron chi connectivity index (χ1n) is 7.76. The number of hydrogen-bond donors (Lipinski definition) is 1. The van der Waals surface area contributed by atoms with Gasteiger partial charge in [0.05, 0.1) is 18.3 Å². The van der Waals surface area contributed by atoms with Crippen LogP contribution in [0.3, 0.4) is 0 Å². The van der Waals surface area contributed by atoms with Crippen molar-refractivity contribution < 1.29 is 8.78 Å². The maximum Gasteiger partial charge on any atom is 0.132 e. The first-order valence-corrected chi connectivity index (χ1v) is 7.76. The predicted molar refractivity (Wildman–Crippen MR) is 92.7 cm³/mol. The van der Waals surface area contributed by atoms with Crippen LogP contribution in [0, 0.1) is 11.6 Å². The fourth-order valence-corrected chi connectivity index (χ4v) is 2.67. The second kappa shape index (κ2) is 6.32. The largest absolute Gasteiger partial charge is 0.340 e. The summed E-state index contributed by atoms with van der Waals surface area (Å²) in [7, 11) is 0. The summed E-state index contributed by atoms with van der Waals surface area (Å²) in [5.74, 6) is -0.0256. The van der Waals surface area contributed by atoms with Gasteiger partial charge in [-0.3, -0.25) is 4.68 Å². The van der Waals surface area contributed by atoms with E-state index in [1.54, 1.807) is 47.4 Å². The molecule has 0 bridgehead atoms. The number of anilines is 2. The van der Waals surface area contributed by atoms with Gasteiger partial charge in [0.25, 0.3) is 0 Å². The van der Waals surface area contributed by atoms with E-state index in [0.717, 1.165) is 10.9 Å². The average Bonchev–Trinajstić information content (AvgIpc) is 2.99. The lowest BCUT2D eigenvalue weighted by Crippen LogP contribution is -2.04. The number of nitrogens with zero attached hydrogens (tertiary/aromatic N) is 3. The highest BCUT2D eigenvalue weighted by molar-refractivity contribution is 5.81. The van der Waals surface area contributed by atoms with Gasteiger partial charge in [-0.05, 0) is 24.3 Å². The van der Waals surface area contributed by atoms with Gasteiger partial charge in [0.1, 0.15) is 17.5 Å². The Bertz CT molecular complexity index is 1040. The molecular weight excluding hydrogens is 322 g/mol. The second-order valence-electron chi connectivity index (χ2n) is 5.66. The number of nitrogens with one attached hydrogen (secondary N) is 1. The van der Waals surface area contributed by atoms with E-state index in [1.165, 1.54) is 18.2 Å². The number of fused-ring (bicyclic) bond motifs is 1. The van der Waals surface area contributed by atoms with Crippen molar-refractivity contribution in [3.63, 3.8) is 0 Å². The van der Waals surface area contributed by atoms with Gasteiger partial charge in [0.2, 0.25) is 0 Å². The van der Waals surface area contributed by atoms with E-state index in [4.69, 9.17) is 0 Å². The molecule has 4 rings (SSSR count). The molecule has 2 heterocycles. The van der Waals surface area contributed by atoms with Gasteiger partial charge in [-0.25, -0.2) is 13.8 Å². The Hall–Kier alpha value is -3.28. The molecule has 25 heavy (non-hydrogen) atoms. The number of aromatic nitrogens is 3. The zero-order chi connectivity index (χ0) is 17.2. The summed E-state index contributed by atoms with van der Waals surface area (Å²) in [5, 5.41) is 8.23. The standard InChI is InChI=1S/C19H14F2N4/c20-15-5-3-6-16(8-15)24-19-9-18-14(10-22-19)11-23-25(18)12-13-4-1-2-7-17(13)21/h1-11H,12H2,(H,22,24). The van der Waals surface area contributed by atoms with Gasteiger partial charge >= 0.3 is 0 Å². The quantitative estimate of drug-likeness (QED) is 0.597. The van der Waals surface area contributed by atoms with Crippen LogP contribution in [0.15, 0.2) is 67.0 Å². The van der Waals surface area contributed by atoms with Gasteiger partial charge in [0, 0.05) is 28.9 Å². The molecule has 0 aliphatic heterocycles. The van der Waals surface area contributed by atoms with E-state index >= 15 is 0 Å². The van der Waals surface area contributed by atoms with Crippen LogP contribution in [-0.4, -0.2) is 14.8 Å². The van der Waals surface area contributed by atoms with Crippen LogP contribution in [0.25, 0.3) is 10.9 Å². The van der Waals surface area contributed by atoms with Crippen LogP contribution < -0.4 is 5.32 Å². The molecule has 6 heteroatoms. The summed E-state index contributed by atoms with van der Waals surface area (Å²) in [6.07, 6.45) is 3.37. The molecule has 1 N–H and O–H groups in total. The number of pyridine rings is 1. The third-order valence-corrected chi connectivity index (χ3v) is 3.90. The lowest BCUT2D eigenvalue weighted by molar-refractivity contribution is 0.590. The predicted octanol–water partition coefficient (Wildman–Crippen LogP) is 4.50. The number of rotatable bonds is 4. The van der Waals surface area contributed by atoms with E-state index in [1.807, 2.05) is 6.07 Å². The summed E-state index contributed by atoms with van der Waals surface area (Å²) >= 11 is 0. The zero-order valence-corrected chi connectivity index (χ0v) is 13.2. The van der Waals surface area contributed by atoms with Gasteiger partial charge in [0.15, 0.2) is 0 Å². The molecule has 0 aliphatic rings. The van der Waals surface area contributed by atoms with Crippen molar-refractivity contribution in [1.29, 1.82) is 0 Å². The van der Waals surface area contributed by atoms with E-state index in [0.29, 0.717) is 23.6 Å². The lowest BCUT2D eigenvalue weighted by atomic mass is 10.2. The van der Waals surface area contributed by atoms with Gasteiger partial charge in [-0.2, -0.15) is 5.10 Å². The maximum absolute atomic E-state index is 13.9. The summed E-state index contributed by atoms with van der Waals surface area (Å²) in [6.45, 7) is 0.319. The topological polar surface area (TPSA) is 42.7 Å². The SMILES string of the molecule is Fc1cccc(Nc2cc3c(cn2)cnn3Cc2ccccc2F)c1. The van der Waals surface area contributed by atoms with Crippen LogP contribution in [0.4, 0.5) is 20.3 Å². The highest BCUT2D eigenvalue weighted by Crippen LogP contribution is 2.21. The van der Waals surface area contributed by atoms with Crippen molar-refractivity contribution in [2.45, 2.75) is 6.54 Å². The third-order valence-electron chi connectivity index (χ3n) is 3.90. The molecule has 0 fully saturated rings. The Labute approximate surface area is 142 Å². The van der Waals surface area contributed by atoms with Crippen LogP contribution >= 0.6 is 0 Å². The van der Waals surface area contributed by atoms with Gasteiger partial charge in [-0.15, -0.1) is 0 Å². The molecule has 2 aromatic carbocycles. The highest BCUT2D eigenvalue weighted by Gasteiger charge is 2.08. The summed E-state index contributed by atoms with van der Waals surface area (Å²) in [6, 6.07) is 14.6. The molecule has 0 amide bonds. The molecule has 0 spiro atoms. The first kappa shape index (κ1) is 15.3. The van der Waals surface area contributed by atoms with Crippen LogP contribution in [-0.2, 0) is 6.54 Å². The van der Waals surface area contributed by atoms with E-state index in [-0.39, 0.29) is 11.6 Å². The fraction of sp³-hybridized carbons (Fsp3) is 0.0526. The Kier molecular flexibility index (Phi) is 3.85. The van der Waals surface area contributed by atoms with E-state index in [2.05, 4.69) is 15.4 Å². The lowest BCUT2D eigenvalue weighted by Gasteiger charge is -2.08. The molecule has 2 aromatic heterocycles. The fourth-order valence-electron chi connectivity index (χ4n) is 2.67. The molecule has 0 radical (unpaired) electrons. The smallest absolute Gasteiger partial charge is 0.132 e. The van der Waals surface area contributed by atoms with Crippen molar-refractivity contribution in [2.24, 2.45) is 0 Å². The van der Waals surface area contributed by atoms with Crippen LogP contribution in [0.5, 0.6) is 0 Å². The number of hydrogen-bond acceptors (Lipinski definition) is 3. The van der Waals surface area contributed by atoms with Crippen molar-refractivity contribution in [3.05, 3.63) is 84.2 Å². The normalized spacial score (nSPS) is 11.0. The van der Waals surface area contributed by atoms with Crippen molar-refractivity contribution in [2.75, 3.05) is 5.32 Å². The highest BCUT2D eigenvalue weighted by atomic mass is 19.1. The van der Waals surface area contributed by atoms with Gasteiger partial charge < -0.3 is 5.32 Å². The minimum Gasteiger partial charge on any atom is -0.340 e.